The molecule has 5 nitrogen and oxygen atoms in total. The van der Waals surface area contributed by atoms with E-state index in [2.05, 4.69) is 5.16 Å². The van der Waals surface area contributed by atoms with Gasteiger partial charge in [0.2, 0.25) is 0 Å². The molecule has 0 radical (unpaired) electrons. The third-order valence-corrected chi connectivity index (χ3v) is 4.29. The number of hydrogen-bond donors (Lipinski definition) is 2. The van der Waals surface area contributed by atoms with Gasteiger partial charge < -0.3 is 4.52 Å². The SMILES string of the molecule is Cc1noc(C)c1-c1cc2cc(C(=O)NO)ccc2s1. The van der Waals surface area contributed by atoms with Crippen LogP contribution >= 0.6 is 11.3 Å². The van der Waals surface area contributed by atoms with E-state index in [1.807, 2.05) is 26.0 Å². The molecule has 102 valence electrons. The molecule has 0 saturated heterocycles. The number of benzene rings is 1. The molecule has 3 rings (SSSR count). The molecule has 6 heteroatoms. The summed E-state index contributed by atoms with van der Waals surface area (Å²) >= 11 is 1.62. The van der Waals surface area contributed by atoms with Crippen molar-refractivity contribution in [2.24, 2.45) is 0 Å². The first-order chi connectivity index (χ1) is 9.60. The molecule has 1 aromatic carbocycles. The first-order valence-corrected chi connectivity index (χ1v) is 6.83. The van der Waals surface area contributed by atoms with Crippen molar-refractivity contribution in [1.29, 1.82) is 0 Å². The molecule has 0 fully saturated rings. The van der Waals surface area contributed by atoms with Crippen LogP contribution in [0, 0.1) is 13.8 Å². The topological polar surface area (TPSA) is 75.4 Å². The van der Waals surface area contributed by atoms with E-state index in [1.54, 1.807) is 28.9 Å². The summed E-state index contributed by atoms with van der Waals surface area (Å²) in [6.45, 7) is 3.78. The third-order valence-electron chi connectivity index (χ3n) is 3.16. The molecular formula is C14H12N2O3S. The van der Waals surface area contributed by atoms with Gasteiger partial charge in [0.05, 0.1) is 11.3 Å². The molecule has 2 N–H and O–H groups in total. The zero-order valence-electron chi connectivity index (χ0n) is 10.9. The van der Waals surface area contributed by atoms with Gasteiger partial charge in [-0.1, -0.05) is 5.16 Å². The van der Waals surface area contributed by atoms with Gasteiger partial charge in [-0.15, -0.1) is 11.3 Å². The molecule has 0 aliphatic heterocycles. The van der Waals surface area contributed by atoms with Crippen LogP contribution in [-0.2, 0) is 0 Å². The number of hydroxylamine groups is 1. The normalized spacial score (nSPS) is 10.9. The van der Waals surface area contributed by atoms with Crippen molar-refractivity contribution in [2.45, 2.75) is 13.8 Å². The van der Waals surface area contributed by atoms with Crippen molar-refractivity contribution in [1.82, 2.24) is 10.6 Å². The van der Waals surface area contributed by atoms with Crippen LogP contribution in [-0.4, -0.2) is 16.3 Å². The van der Waals surface area contributed by atoms with Gasteiger partial charge in [0.1, 0.15) is 5.76 Å². The van der Waals surface area contributed by atoms with Crippen molar-refractivity contribution >= 4 is 27.3 Å². The fourth-order valence-corrected chi connectivity index (χ4v) is 3.40. The summed E-state index contributed by atoms with van der Waals surface area (Å²) < 4.78 is 6.25. The average Bonchev–Trinajstić information content (AvgIpc) is 3.00. The number of carbonyl (C=O) groups is 1. The number of aromatic nitrogens is 1. The van der Waals surface area contributed by atoms with Gasteiger partial charge in [-0.05, 0) is 43.5 Å². The highest BCUT2D eigenvalue weighted by Gasteiger charge is 2.15. The van der Waals surface area contributed by atoms with Crippen molar-refractivity contribution in [3.8, 4) is 10.4 Å². The van der Waals surface area contributed by atoms with Crippen LogP contribution in [0.3, 0.4) is 0 Å². The average molecular weight is 288 g/mol. The van der Waals surface area contributed by atoms with E-state index in [1.165, 1.54) is 0 Å². The van der Waals surface area contributed by atoms with Crippen molar-refractivity contribution < 1.29 is 14.5 Å². The lowest BCUT2D eigenvalue weighted by atomic mass is 10.1. The Labute approximate surface area is 118 Å². The minimum atomic E-state index is -0.517. The summed E-state index contributed by atoms with van der Waals surface area (Å²) in [5.74, 6) is 0.263. The second-order valence-electron chi connectivity index (χ2n) is 4.50. The van der Waals surface area contributed by atoms with E-state index in [4.69, 9.17) is 9.73 Å². The number of fused-ring (bicyclic) bond motifs is 1. The number of aryl methyl sites for hydroxylation is 2. The largest absolute Gasteiger partial charge is 0.361 e. The Balaban J connectivity index is 2.14. The number of hydrogen-bond acceptors (Lipinski definition) is 5. The Morgan fingerprint density at radius 3 is 2.80 bits per heavy atom. The molecule has 3 aromatic rings. The zero-order valence-corrected chi connectivity index (χ0v) is 11.7. The molecule has 2 heterocycles. The number of nitrogens with zero attached hydrogens (tertiary/aromatic N) is 1. The minimum Gasteiger partial charge on any atom is -0.361 e. The molecule has 0 unspecified atom stereocenters. The van der Waals surface area contributed by atoms with Crippen LogP contribution in [0.15, 0.2) is 28.8 Å². The van der Waals surface area contributed by atoms with E-state index < -0.39 is 5.91 Å². The summed E-state index contributed by atoms with van der Waals surface area (Å²) in [5, 5.41) is 13.6. The first-order valence-electron chi connectivity index (χ1n) is 6.01. The molecule has 20 heavy (non-hydrogen) atoms. The van der Waals surface area contributed by atoms with Gasteiger partial charge in [0.15, 0.2) is 0 Å². The van der Waals surface area contributed by atoms with Crippen molar-refractivity contribution in [3.05, 3.63) is 41.3 Å². The lowest BCUT2D eigenvalue weighted by Crippen LogP contribution is -2.18. The van der Waals surface area contributed by atoms with Gasteiger partial charge in [-0.2, -0.15) is 0 Å². The van der Waals surface area contributed by atoms with Gasteiger partial charge >= 0.3 is 0 Å². The van der Waals surface area contributed by atoms with Crippen LogP contribution in [0.4, 0.5) is 0 Å². The molecule has 0 atom stereocenters. The molecule has 0 aliphatic carbocycles. The second-order valence-corrected chi connectivity index (χ2v) is 5.59. The standard InChI is InChI=1S/C14H12N2O3S/c1-7-13(8(2)19-16-7)12-6-10-5-9(14(17)15-18)3-4-11(10)20-12/h3-6,18H,1-2H3,(H,15,17). The van der Waals surface area contributed by atoms with Crippen LogP contribution in [0.25, 0.3) is 20.5 Å². The quantitative estimate of drug-likeness (QED) is 0.560. The maximum Gasteiger partial charge on any atom is 0.274 e. The van der Waals surface area contributed by atoms with Crippen LogP contribution in [0.2, 0.25) is 0 Å². The fraction of sp³-hybridized carbons (Fsp3) is 0.143. The maximum atomic E-state index is 11.4. The van der Waals surface area contributed by atoms with E-state index >= 15 is 0 Å². The molecule has 1 amide bonds. The Hall–Kier alpha value is -2.18. The van der Waals surface area contributed by atoms with E-state index in [0.29, 0.717) is 5.56 Å². The smallest absolute Gasteiger partial charge is 0.274 e. The zero-order chi connectivity index (χ0) is 14.3. The highest BCUT2D eigenvalue weighted by Crippen LogP contribution is 2.37. The van der Waals surface area contributed by atoms with E-state index in [0.717, 1.165) is 32.0 Å². The van der Waals surface area contributed by atoms with E-state index in [9.17, 15) is 4.79 Å². The van der Waals surface area contributed by atoms with Crippen LogP contribution < -0.4 is 5.48 Å². The van der Waals surface area contributed by atoms with Crippen molar-refractivity contribution in [2.75, 3.05) is 0 Å². The van der Waals surface area contributed by atoms with Gasteiger partial charge in [0.25, 0.3) is 5.91 Å². The molecule has 0 saturated carbocycles. The monoisotopic (exact) mass is 288 g/mol. The molecule has 0 bridgehead atoms. The summed E-state index contributed by atoms with van der Waals surface area (Å²) in [4.78, 5) is 12.5. The minimum absolute atomic E-state index is 0.420. The Morgan fingerprint density at radius 2 is 2.15 bits per heavy atom. The summed E-state index contributed by atoms with van der Waals surface area (Å²) in [6, 6.07) is 7.30. The predicted octanol–water partition coefficient (Wildman–Crippen LogP) is 3.29. The number of carbonyl (C=O) groups excluding carboxylic acids is 1. The summed E-state index contributed by atoms with van der Waals surface area (Å²) in [6.07, 6.45) is 0. The Bertz CT molecular complexity index is 784. The Morgan fingerprint density at radius 1 is 1.35 bits per heavy atom. The number of nitrogens with one attached hydrogen (secondary N) is 1. The van der Waals surface area contributed by atoms with Gasteiger partial charge in [-0.3, -0.25) is 10.0 Å². The van der Waals surface area contributed by atoms with Crippen LogP contribution in [0.1, 0.15) is 21.8 Å². The number of amides is 1. The third kappa shape index (κ3) is 1.99. The highest BCUT2D eigenvalue weighted by molar-refractivity contribution is 7.22. The summed E-state index contributed by atoms with van der Waals surface area (Å²) in [5.41, 5.74) is 3.91. The highest BCUT2D eigenvalue weighted by atomic mass is 32.1. The lowest BCUT2D eigenvalue weighted by Gasteiger charge is -1.97. The van der Waals surface area contributed by atoms with Gasteiger partial charge in [0, 0.05) is 15.1 Å². The van der Waals surface area contributed by atoms with E-state index in [-0.39, 0.29) is 0 Å². The first kappa shape index (κ1) is 12.8. The molecular weight excluding hydrogens is 276 g/mol. The lowest BCUT2D eigenvalue weighted by molar-refractivity contribution is 0.0706. The number of thiophene rings is 1. The molecule has 0 spiro atoms. The molecule has 2 aromatic heterocycles. The number of rotatable bonds is 2. The van der Waals surface area contributed by atoms with Crippen LogP contribution in [0.5, 0.6) is 0 Å². The fourth-order valence-electron chi connectivity index (χ4n) is 2.21. The Kier molecular flexibility index (Phi) is 3.04. The molecule has 0 aliphatic rings. The van der Waals surface area contributed by atoms with Crippen molar-refractivity contribution in [3.63, 3.8) is 0 Å². The van der Waals surface area contributed by atoms with Gasteiger partial charge in [-0.25, -0.2) is 5.48 Å². The second kappa shape index (κ2) is 4.73. The maximum absolute atomic E-state index is 11.4. The summed E-state index contributed by atoms with van der Waals surface area (Å²) in [7, 11) is 0. The predicted molar refractivity (Wildman–Crippen MR) is 76.0 cm³/mol.